The van der Waals surface area contributed by atoms with Gasteiger partial charge in [-0.05, 0) is 25.7 Å². The highest BCUT2D eigenvalue weighted by molar-refractivity contribution is 5.76. The molecule has 21 heavy (non-hydrogen) atoms. The zero-order chi connectivity index (χ0) is 15.9. The number of aromatic nitrogens is 2. The fraction of sp³-hybridized carbons (Fsp3) is 0.667. The second-order valence-corrected chi connectivity index (χ2v) is 5.30. The lowest BCUT2D eigenvalue weighted by atomic mass is 9.89. The van der Waals surface area contributed by atoms with Crippen LogP contribution in [0.25, 0.3) is 0 Å². The molecule has 0 radical (unpaired) electrons. The highest BCUT2D eigenvalue weighted by Gasteiger charge is 2.25. The number of nitrogens with zero attached hydrogens (tertiary/aromatic N) is 1. The molecule has 1 aromatic rings. The smallest absolute Gasteiger partial charge is 0.328 e. The van der Waals surface area contributed by atoms with E-state index in [0.717, 1.165) is 19.3 Å². The zero-order valence-electron chi connectivity index (χ0n) is 13.1. The standard InChI is InChI=1S/C15H25N3O3/c1-4-15(5-2,6-3)17-13(20)8-7-10-18-11-9-12(19)16-14(18)21/h9,11H,4-8,10H2,1-3H3,(H,17,20)(H,16,19,21). The van der Waals surface area contributed by atoms with Crippen molar-refractivity contribution in [2.75, 3.05) is 0 Å². The van der Waals surface area contributed by atoms with Gasteiger partial charge in [0.2, 0.25) is 5.91 Å². The Kier molecular flexibility index (Phi) is 6.39. The summed E-state index contributed by atoms with van der Waals surface area (Å²) in [6.07, 6.45) is 5.10. The van der Waals surface area contributed by atoms with Crippen LogP contribution in [0.4, 0.5) is 0 Å². The molecule has 1 rings (SSSR count). The van der Waals surface area contributed by atoms with Gasteiger partial charge >= 0.3 is 5.69 Å². The van der Waals surface area contributed by atoms with E-state index in [4.69, 9.17) is 0 Å². The van der Waals surface area contributed by atoms with Crippen molar-refractivity contribution in [1.29, 1.82) is 0 Å². The van der Waals surface area contributed by atoms with Crippen molar-refractivity contribution in [3.8, 4) is 0 Å². The third-order valence-electron chi connectivity index (χ3n) is 4.13. The van der Waals surface area contributed by atoms with Gasteiger partial charge in [0.05, 0.1) is 0 Å². The third kappa shape index (κ3) is 4.88. The predicted octanol–water partition coefficient (Wildman–Crippen LogP) is 1.40. The van der Waals surface area contributed by atoms with Gasteiger partial charge in [-0.3, -0.25) is 14.6 Å². The van der Waals surface area contributed by atoms with E-state index in [2.05, 4.69) is 31.1 Å². The van der Waals surface area contributed by atoms with Crippen LogP contribution in [0.5, 0.6) is 0 Å². The van der Waals surface area contributed by atoms with E-state index in [1.54, 1.807) is 0 Å². The molecule has 1 heterocycles. The minimum atomic E-state index is -0.437. The lowest BCUT2D eigenvalue weighted by molar-refractivity contribution is -0.123. The number of carbonyl (C=O) groups excluding carboxylic acids is 1. The summed E-state index contributed by atoms with van der Waals surface area (Å²) in [4.78, 5) is 36.6. The summed E-state index contributed by atoms with van der Waals surface area (Å²) in [5, 5.41) is 3.11. The predicted molar refractivity (Wildman–Crippen MR) is 82.3 cm³/mol. The number of nitrogens with one attached hydrogen (secondary N) is 2. The molecule has 0 aliphatic heterocycles. The average molecular weight is 295 g/mol. The molecule has 0 saturated carbocycles. The Balaban J connectivity index is 2.50. The highest BCUT2D eigenvalue weighted by Crippen LogP contribution is 2.19. The Morgan fingerprint density at radius 2 is 1.86 bits per heavy atom. The molecular formula is C15H25N3O3. The van der Waals surface area contributed by atoms with Crippen LogP contribution in [0.3, 0.4) is 0 Å². The number of hydrogen-bond acceptors (Lipinski definition) is 3. The lowest BCUT2D eigenvalue weighted by Gasteiger charge is -2.31. The number of rotatable bonds is 8. The Hall–Kier alpha value is -1.85. The van der Waals surface area contributed by atoms with Crippen LogP contribution in [0, 0.1) is 0 Å². The summed E-state index contributed by atoms with van der Waals surface area (Å²) in [7, 11) is 0. The van der Waals surface area contributed by atoms with Crippen molar-refractivity contribution in [3.05, 3.63) is 33.1 Å². The second-order valence-electron chi connectivity index (χ2n) is 5.30. The van der Waals surface area contributed by atoms with Crippen molar-refractivity contribution in [3.63, 3.8) is 0 Å². The van der Waals surface area contributed by atoms with E-state index >= 15 is 0 Å². The van der Waals surface area contributed by atoms with E-state index in [-0.39, 0.29) is 11.4 Å². The van der Waals surface area contributed by atoms with Crippen molar-refractivity contribution in [1.82, 2.24) is 14.9 Å². The van der Waals surface area contributed by atoms with Crippen LogP contribution in [0.15, 0.2) is 21.9 Å². The van der Waals surface area contributed by atoms with E-state index in [1.165, 1.54) is 16.8 Å². The maximum Gasteiger partial charge on any atom is 0.328 e. The fourth-order valence-corrected chi connectivity index (χ4v) is 2.40. The van der Waals surface area contributed by atoms with Gasteiger partial charge in [-0.1, -0.05) is 20.8 Å². The maximum atomic E-state index is 12.0. The summed E-state index contributed by atoms with van der Waals surface area (Å²) in [5.41, 5.74) is -0.966. The van der Waals surface area contributed by atoms with Gasteiger partial charge < -0.3 is 9.88 Å². The largest absolute Gasteiger partial charge is 0.351 e. The first-order valence-electron chi connectivity index (χ1n) is 7.57. The minimum absolute atomic E-state index is 0.0121. The van der Waals surface area contributed by atoms with E-state index in [9.17, 15) is 14.4 Å². The van der Waals surface area contributed by atoms with Gasteiger partial charge in [0, 0.05) is 30.8 Å². The number of aromatic amines is 1. The first-order chi connectivity index (χ1) is 9.96. The SMILES string of the molecule is CCC(CC)(CC)NC(=O)CCCn1ccc(=O)[nH]c1=O. The van der Waals surface area contributed by atoms with Gasteiger partial charge in [-0.25, -0.2) is 4.79 Å². The van der Waals surface area contributed by atoms with Crippen LogP contribution >= 0.6 is 0 Å². The lowest BCUT2D eigenvalue weighted by Crippen LogP contribution is -2.47. The number of hydrogen-bond donors (Lipinski definition) is 2. The highest BCUT2D eigenvalue weighted by atomic mass is 16.2. The van der Waals surface area contributed by atoms with Gasteiger partial charge in [0.15, 0.2) is 0 Å². The quantitative estimate of drug-likeness (QED) is 0.760. The van der Waals surface area contributed by atoms with Crippen LogP contribution in [-0.4, -0.2) is 21.0 Å². The van der Waals surface area contributed by atoms with Gasteiger partial charge in [0.1, 0.15) is 0 Å². The molecule has 0 spiro atoms. The molecule has 6 heteroatoms. The van der Waals surface area contributed by atoms with E-state index in [0.29, 0.717) is 19.4 Å². The summed E-state index contributed by atoms with van der Waals surface area (Å²) in [6.45, 7) is 6.65. The molecule has 0 aliphatic carbocycles. The Morgan fingerprint density at radius 3 is 2.38 bits per heavy atom. The van der Waals surface area contributed by atoms with Gasteiger partial charge in [0.25, 0.3) is 5.56 Å². The van der Waals surface area contributed by atoms with Gasteiger partial charge in [-0.2, -0.15) is 0 Å². The molecule has 2 N–H and O–H groups in total. The monoisotopic (exact) mass is 295 g/mol. The molecular weight excluding hydrogens is 270 g/mol. The molecule has 118 valence electrons. The molecule has 1 amide bonds. The first-order valence-corrected chi connectivity index (χ1v) is 7.57. The Morgan fingerprint density at radius 1 is 1.24 bits per heavy atom. The van der Waals surface area contributed by atoms with Crippen LogP contribution in [0.1, 0.15) is 52.9 Å². The average Bonchev–Trinajstić information content (AvgIpc) is 2.47. The molecule has 0 saturated heterocycles. The third-order valence-corrected chi connectivity index (χ3v) is 4.13. The zero-order valence-corrected chi connectivity index (χ0v) is 13.1. The molecule has 0 atom stereocenters. The van der Waals surface area contributed by atoms with E-state index in [1.807, 2.05) is 0 Å². The summed E-state index contributed by atoms with van der Waals surface area (Å²) in [6, 6.07) is 1.30. The number of carbonyl (C=O) groups is 1. The normalized spacial score (nSPS) is 11.4. The molecule has 0 bridgehead atoms. The summed E-state index contributed by atoms with van der Waals surface area (Å²) < 4.78 is 1.40. The minimum Gasteiger partial charge on any atom is -0.351 e. The van der Waals surface area contributed by atoms with Crippen LogP contribution in [-0.2, 0) is 11.3 Å². The Bertz CT molecular complexity index is 562. The fourth-order valence-electron chi connectivity index (χ4n) is 2.40. The van der Waals surface area contributed by atoms with Crippen LogP contribution < -0.4 is 16.6 Å². The van der Waals surface area contributed by atoms with E-state index < -0.39 is 11.2 Å². The van der Waals surface area contributed by atoms with Crippen molar-refractivity contribution >= 4 is 5.91 Å². The molecule has 0 fully saturated rings. The second kappa shape index (κ2) is 7.81. The maximum absolute atomic E-state index is 12.0. The first kappa shape index (κ1) is 17.2. The Labute approximate surface area is 124 Å². The number of H-pyrrole nitrogens is 1. The number of amides is 1. The van der Waals surface area contributed by atoms with Crippen molar-refractivity contribution in [2.45, 2.75) is 65.0 Å². The topological polar surface area (TPSA) is 84.0 Å². The summed E-state index contributed by atoms with van der Waals surface area (Å²) in [5.74, 6) is 0.0121. The molecule has 1 aromatic heterocycles. The summed E-state index contributed by atoms with van der Waals surface area (Å²) >= 11 is 0. The van der Waals surface area contributed by atoms with Crippen molar-refractivity contribution in [2.24, 2.45) is 0 Å². The molecule has 0 aromatic carbocycles. The molecule has 0 aliphatic rings. The molecule has 0 unspecified atom stereocenters. The van der Waals surface area contributed by atoms with Crippen molar-refractivity contribution < 1.29 is 4.79 Å². The van der Waals surface area contributed by atoms with Gasteiger partial charge in [-0.15, -0.1) is 0 Å². The molecule has 6 nitrogen and oxygen atoms in total. The number of aryl methyl sites for hydroxylation is 1. The van der Waals surface area contributed by atoms with Crippen LogP contribution in [0.2, 0.25) is 0 Å².